The summed E-state index contributed by atoms with van der Waals surface area (Å²) in [5.41, 5.74) is 0.134. The lowest BCUT2D eigenvalue weighted by atomic mass is 10.1. The summed E-state index contributed by atoms with van der Waals surface area (Å²) in [6.07, 6.45) is 1.64. The van der Waals surface area contributed by atoms with Crippen molar-refractivity contribution in [3.63, 3.8) is 0 Å². The average Bonchev–Trinajstić information content (AvgIpc) is 3.00. The van der Waals surface area contributed by atoms with Crippen molar-refractivity contribution in [2.45, 2.75) is 39.3 Å². The molecule has 0 aliphatic carbocycles. The van der Waals surface area contributed by atoms with Crippen LogP contribution in [0.25, 0.3) is 0 Å². The van der Waals surface area contributed by atoms with Gasteiger partial charge in [-0.2, -0.15) is 0 Å². The molecule has 0 aliphatic rings. The van der Waals surface area contributed by atoms with E-state index in [0.717, 1.165) is 25.0 Å². The molecule has 0 unspecified atom stereocenters. The van der Waals surface area contributed by atoms with Crippen LogP contribution in [-0.4, -0.2) is 17.1 Å². The molecule has 0 bridgehead atoms. The number of ether oxygens (including phenoxy) is 1. The molecule has 0 radical (unpaired) electrons. The lowest BCUT2D eigenvalue weighted by Gasteiger charge is -2.12. The predicted molar refractivity (Wildman–Crippen MR) is 79.0 cm³/mol. The quantitative estimate of drug-likeness (QED) is 0.847. The molecule has 0 aliphatic heterocycles. The zero-order chi connectivity index (χ0) is 16.8. The number of nitrogens with zero attached hydrogens (tertiary/aromatic N) is 1. The van der Waals surface area contributed by atoms with Crippen LogP contribution in [0.2, 0.25) is 0 Å². The van der Waals surface area contributed by atoms with E-state index in [1.807, 2.05) is 13.8 Å². The molecule has 0 saturated carbocycles. The van der Waals surface area contributed by atoms with Gasteiger partial charge in [0.2, 0.25) is 0 Å². The number of amides is 1. The highest BCUT2D eigenvalue weighted by atomic mass is 19.1. The summed E-state index contributed by atoms with van der Waals surface area (Å²) in [4.78, 5) is 12.0. The van der Waals surface area contributed by atoms with Crippen molar-refractivity contribution in [2.24, 2.45) is 0 Å². The van der Waals surface area contributed by atoms with Gasteiger partial charge in [-0.1, -0.05) is 19.0 Å². The van der Waals surface area contributed by atoms with E-state index in [0.29, 0.717) is 0 Å². The number of halogens is 2. The van der Waals surface area contributed by atoms with Gasteiger partial charge >= 0.3 is 0 Å². The van der Waals surface area contributed by atoms with Gasteiger partial charge in [0.1, 0.15) is 12.4 Å². The Kier molecular flexibility index (Phi) is 5.67. The molecule has 2 rings (SSSR count). The standard InChI is InChI=1S/C16H18F2N2O3/c1-3-11(4-2)19-16(21)14-8-12(23-20-14)9-22-15-6-5-10(17)7-13(15)18/h5-8,11H,3-4,9H2,1-2H3,(H,19,21). The molecule has 1 N–H and O–H groups in total. The summed E-state index contributed by atoms with van der Waals surface area (Å²) in [5.74, 6) is -1.66. The fraction of sp³-hybridized carbons (Fsp3) is 0.375. The molecular formula is C16H18F2N2O3. The Morgan fingerprint density at radius 2 is 2.04 bits per heavy atom. The third-order valence-electron chi connectivity index (χ3n) is 3.38. The number of nitrogens with one attached hydrogen (secondary N) is 1. The molecule has 0 spiro atoms. The number of hydrogen-bond donors (Lipinski definition) is 1. The summed E-state index contributed by atoms with van der Waals surface area (Å²) >= 11 is 0. The highest BCUT2D eigenvalue weighted by Gasteiger charge is 2.16. The average molecular weight is 324 g/mol. The smallest absolute Gasteiger partial charge is 0.273 e. The zero-order valence-electron chi connectivity index (χ0n) is 12.9. The monoisotopic (exact) mass is 324 g/mol. The molecule has 1 heterocycles. The third-order valence-corrected chi connectivity index (χ3v) is 3.38. The lowest BCUT2D eigenvalue weighted by molar-refractivity contribution is 0.0925. The Bertz CT molecular complexity index is 669. The second kappa shape index (κ2) is 7.71. The summed E-state index contributed by atoms with van der Waals surface area (Å²) in [7, 11) is 0. The first-order valence-corrected chi connectivity index (χ1v) is 7.37. The van der Waals surface area contributed by atoms with E-state index in [1.165, 1.54) is 12.1 Å². The molecule has 0 fully saturated rings. The molecule has 1 amide bonds. The van der Waals surface area contributed by atoms with Gasteiger partial charge in [-0.3, -0.25) is 4.79 Å². The van der Waals surface area contributed by atoms with Crippen LogP contribution >= 0.6 is 0 Å². The maximum atomic E-state index is 13.4. The molecular weight excluding hydrogens is 306 g/mol. The Labute approximate surface area is 132 Å². The molecule has 1 aromatic heterocycles. The highest BCUT2D eigenvalue weighted by molar-refractivity contribution is 5.92. The minimum atomic E-state index is -0.809. The van der Waals surface area contributed by atoms with E-state index < -0.39 is 11.6 Å². The molecule has 0 saturated heterocycles. The first-order valence-electron chi connectivity index (χ1n) is 7.37. The second-order valence-corrected chi connectivity index (χ2v) is 5.03. The second-order valence-electron chi connectivity index (χ2n) is 5.03. The number of carbonyl (C=O) groups excluding carboxylic acids is 1. The molecule has 124 valence electrons. The SMILES string of the molecule is CCC(CC)NC(=O)c1cc(COc2ccc(F)cc2F)on1. The van der Waals surface area contributed by atoms with E-state index in [1.54, 1.807) is 0 Å². The molecule has 23 heavy (non-hydrogen) atoms. The topological polar surface area (TPSA) is 64.4 Å². The maximum absolute atomic E-state index is 13.4. The summed E-state index contributed by atoms with van der Waals surface area (Å²) in [6.45, 7) is 3.84. The van der Waals surface area contributed by atoms with Gasteiger partial charge in [0.15, 0.2) is 23.0 Å². The van der Waals surface area contributed by atoms with Crippen LogP contribution in [0, 0.1) is 11.6 Å². The van der Waals surface area contributed by atoms with Gasteiger partial charge < -0.3 is 14.6 Å². The van der Waals surface area contributed by atoms with Crippen molar-refractivity contribution in [3.8, 4) is 5.75 Å². The molecule has 1 aromatic carbocycles. The maximum Gasteiger partial charge on any atom is 0.273 e. The van der Waals surface area contributed by atoms with Crippen molar-refractivity contribution >= 4 is 5.91 Å². The van der Waals surface area contributed by atoms with Crippen LogP contribution in [0.1, 0.15) is 42.9 Å². The number of hydrogen-bond acceptors (Lipinski definition) is 4. The van der Waals surface area contributed by atoms with Gasteiger partial charge in [0, 0.05) is 18.2 Å². The molecule has 2 aromatic rings. The van der Waals surface area contributed by atoms with Crippen molar-refractivity contribution in [1.82, 2.24) is 10.5 Å². The summed E-state index contributed by atoms with van der Waals surface area (Å²) in [6, 6.07) is 4.51. The Morgan fingerprint density at radius 1 is 1.30 bits per heavy atom. The van der Waals surface area contributed by atoms with Crippen molar-refractivity contribution in [3.05, 3.63) is 47.4 Å². The minimum absolute atomic E-state index is 0.0761. The predicted octanol–water partition coefficient (Wildman–Crippen LogP) is 3.45. The lowest BCUT2D eigenvalue weighted by Crippen LogP contribution is -2.33. The number of aromatic nitrogens is 1. The minimum Gasteiger partial charge on any atom is -0.482 e. The largest absolute Gasteiger partial charge is 0.482 e. The zero-order valence-corrected chi connectivity index (χ0v) is 12.9. The van der Waals surface area contributed by atoms with Crippen LogP contribution in [0.15, 0.2) is 28.8 Å². The third kappa shape index (κ3) is 4.51. The Morgan fingerprint density at radius 3 is 2.70 bits per heavy atom. The van der Waals surface area contributed by atoms with Gasteiger partial charge in [-0.15, -0.1) is 0 Å². The van der Waals surface area contributed by atoms with E-state index in [2.05, 4.69) is 10.5 Å². The number of carbonyl (C=O) groups is 1. The van der Waals surface area contributed by atoms with Gasteiger partial charge in [0.05, 0.1) is 0 Å². The van der Waals surface area contributed by atoms with Crippen molar-refractivity contribution in [2.75, 3.05) is 0 Å². The number of benzene rings is 1. The van der Waals surface area contributed by atoms with Crippen molar-refractivity contribution in [1.29, 1.82) is 0 Å². The Balaban J connectivity index is 1.95. The summed E-state index contributed by atoms with van der Waals surface area (Å²) < 4.78 is 36.4. The molecule has 0 atom stereocenters. The van der Waals surface area contributed by atoms with Crippen LogP contribution in [0.5, 0.6) is 5.75 Å². The number of rotatable bonds is 7. The van der Waals surface area contributed by atoms with Crippen LogP contribution in [0.3, 0.4) is 0 Å². The summed E-state index contributed by atoms with van der Waals surface area (Å²) in [5, 5.41) is 6.50. The highest BCUT2D eigenvalue weighted by Crippen LogP contribution is 2.19. The fourth-order valence-electron chi connectivity index (χ4n) is 1.98. The van der Waals surface area contributed by atoms with Gasteiger partial charge in [-0.05, 0) is 25.0 Å². The van der Waals surface area contributed by atoms with Crippen LogP contribution < -0.4 is 10.1 Å². The van der Waals surface area contributed by atoms with Gasteiger partial charge in [-0.25, -0.2) is 8.78 Å². The Hall–Kier alpha value is -2.44. The van der Waals surface area contributed by atoms with Crippen LogP contribution in [-0.2, 0) is 6.61 Å². The first-order chi connectivity index (χ1) is 11.0. The molecule has 7 heteroatoms. The molecule has 5 nitrogen and oxygen atoms in total. The van der Waals surface area contributed by atoms with Gasteiger partial charge in [0.25, 0.3) is 5.91 Å². The fourth-order valence-corrected chi connectivity index (χ4v) is 1.98. The normalized spacial score (nSPS) is 10.8. The van der Waals surface area contributed by atoms with E-state index in [9.17, 15) is 13.6 Å². The van der Waals surface area contributed by atoms with E-state index in [4.69, 9.17) is 9.26 Å². The van der Waals surface area contributed by atoms with Crippen LogP contribution in [0.4, 0.5) is 8.78 Å². The van der Waals surface area contributed by atoms with Crippen molar-refractivity contribution < 1.29 is 22.8 Å². The van der Waals surface area contributed by atoms with E-state index >= 15 is 0 Å². The van der Waals surface area contributed by atoms with E-state index in [-0.39, 0.29) is 35.8 Å². The first kappa shape index (κ1) is 16.9.